The molecule has 0 unspecified atom stereocenters. The zero-order valence-electron chi connectivity index (χ0n) is 10.1. The summed E-state index contributed by atoms with van der Waals surface area (Å²) in [5, 5.41) is 11.2. The average molecular weight is 255 g/mol. The van der Waals surface area contributed by atoms with Crippen LogP contribution in [0.15, 0.2) is 36.5 Å². The fourth-order valence-corrected chi connectivity index (χ4v) is 1.46. The smallest absolute Gasteiger partial charge is 0.274 e. The number of nitrogens with zero attached hydrogens (tertiary/aromatic N) is 2. The Hall–Kier alpha value is -2.74. The van der Waals surface area contributed by atoms with Crippen molar-refractivity contribution in [2.45, 2.75) is 6.92 Å². The van der Waals surface area contributed by atoms with Crippen molar-refractivity contribution in [1.82, 2.24) is 4.98 Å². The van der Waals surface area contributed by atoms with E-state index in [1.165, 1.54) is 24.4 Å². The summed E-state index contributed by atoms with van der Waals surface area (Å²) < 4.78 is 13.3. The number of carbonyl (C=O) groups is 1. The molecule has 19 heavy (non-hydrogen) atoms. The van der Waals surface area contributed by atoms with Crippen molar-refractivity contribution in [3.8, 4) is 6.07 Å². The first-order valence-electron chi connectivity index (χ1n) is 5.54. The highest BCUT2D eigenvalue weighted by Crippen LogP contribution is 2.14. The van der Waals surface area contributed by atoms with Gasteiger partial charge in [-0.15, -0.1) is 0 Å². The van der Waals surface area contributed by atoms with Gasteiger partial charge < -0.3 is 5.32 Å². The molecule has 2 aromatic rings. The molecule has 0 aliphatic rings. The van der Waals surface area contributed by atoms with Gasteiger partial charge in [-0.05, 0) is 36.8 Å². The summed E-state index contributed by atoms with van der Waals surface area (Å²) in [5.74, 6) is -0.835. The molecule has 0 bridgehead atoms. The zero-order chi connectivity index (χ0) is 13.8. The highest BCUT2D eigenvalue weighted by Gasteiger charge is 2.08. The molecule has 2 rings (SSSR count). The maximum Gasteiger partial charge on any atom is 0.274 e. The molecule has 4 nitrogen and oxygen atoms in total. The summed E-state index contributed by atoms with van der Waals surface area (Å²) in [5.41, 5.74) is 1.41. The van der Waals surface area contributed by atoms with Gasteiger partial charge in [0.25, 0.3) is 5.91 Å². The van der Waals surface area contributed by atoms with Crippen LogP contribution < -0.4 is 5.32 Å². The third-order valence-electron chi connectivity index (χ3n) is 2.55. The number of benzene rings is 1. The van der Waals surface area contributed by atoms with Gasteiger partial charge in [0, 0.05) is 11.9 Å². The van der Waals surface area contributed by atoms with Gasteiger partial charge in [0.05, 0.1) is 5.56 Å². The number of pyridine rings is 1. The van der Waals surface area contributed by atoms with Gasteiger partial charge in [0.15, 0.2) is 0 Å². The molecule has 0 aliphatic heterocycles. The number of halogens is 1. The summed E-state index contributed by atoms with van der Waals surface area (Å²) in [6, 6.07) is 9.29. The lowest BCUT2D eigenvalue weighted by Gasteiger charge is -2.05. The van der Waals surface area contributed by atoms with E-state index in [4.69, 9.17) is 5.26 Å². The van der Waals surface area contributed by atoms with Crippen LogP contribution in [0.2, 0.25) is 0 Å². The average Bonchev–Trinajstić information content (AvgIpc) is 2.43. The Morgan fingerprint density at radius 2 is 2.16 bits per heavy atom. The number of aryl methyl sites for hydroxylation is 1. The number of hydrogen-bond donors (Lipinski definition) is 1. The normalized spacial score (nSPS) is 9.74. The lowest BCUT2D eigenvalue weighted by Crippen LogP contribution is -2.13. The Labute approximate surface area is 109 Å². The van der Waals surface area contributed by atoms with E-state index < -0.39 is 5.91 Å². The first kappa shape index (κ1) is 12.7. The molecular formula is C14H10FN3O. The fourth-order valence-electron chi connectivity index (χ4n) is 1.46. The standard InChI is InChI=1S/C14H10FN3O/c1-9-2-4-11(6-12(9)15)18-14(19)13-5-3-10(7-16)8-17-13/h2-6,8H,1H3,(H,18,19). The molecule has 5 heteroatoms. The summed E-state index contributed by atoms with van der Waals surface area (Å²) in [6.07, 6.45) is 1.31. The molecule has 0 saturated heterocycles. The molecular weight excluding hydrogens is 245 g/mol. The van der Waals surface area contributed by atoms with Crippen molar-refractivity contribution in [2.75, 3.05) is 5.32 Å². The van der Waals surface area contributed by atoms with E-state index in [0.29, 0.717) is 16.8 Å². The van der Waals surface area contributed by atoms with Crippen LogP contribution in [-0.2, 0) is 0 Å². The van der Waals surface area contributed by atoms with Crippen molar-refractivity contribution in [2.24, 2.45) is 0 Å². The number of nitrogens with one attached hydrogen (secondary N) is 1. The number of rotatable bonds is 2. The predicted octanol–water partition coefficient (Wildman–Crippen LogP) is 2.65. The van der Waals surface area contributed by atoms with Crippen LogP contribution in [0.3, 0.4) is 0 Å². The minimum absolute atomic E-state index is 0.167. The fraction of sp³-hybridized carbons (Fsp3) is 0.0714. The topological polar surface area (TPSA) is 65.8 Å². The Bertz CT molecular complexity index is 659. The number of anilines is 1. The van der Waals surface area contributed by atoms with Crippen molar-refractivity contribution in [3.63, 3.8) is 0 Å². The second kappa shape index (κ2) is 5.27. The minimum atomic E-state index is -0.451. The SMILES string of the molecule is Cc1ccc(NC(=O)c2ccc(C#N)cn2)cc1F. The lowest BCUT2D eigenvalue weighted by atomic mass is 10.2. The van der Waals surface area contributed by atoms with E-state index in [1.54, 1.807) is 19.1 Å². The molecule has 94 valence electrons. The van der Waals surface area contributed by atoms with Gasteiger partial charge in [-0.1, -0.05) is 6.07 Å². The molecule has 1 heterocycles. The maximum atomic E-state index is 13.3. The van der Waals surface area contributed by atoms with E-state index in [1.807, 2.05) is 6.07 Å². The molecule has 0 atom stereocenters. The Kier molecular flexibility index (Phi) is 3.53. The third kappa shape index (κ3) is 2.93. The summed E-state index contributed by atoms with van der Waals surface area (Å²) in [7, 11) is 0. The number of aromatic nitrogens is 1. The van der Waals surface area contributed by atoms with Crippen molar-refractivity contribution in [3.05, 3.63) is 59.2 Å². The van der Waals surface area contributed by atoms with Crippen molar-refractivity contribution in [1.29, 1.82) is 5.26 Å². The largest absolute Gasteiger partial charge is 0.321 e. The van der Waals surface area contributed by atoms with Gasteiger partial charge in [-0.2, -0.15) is 5.26 Å². The van der Waals surface area contributed by atoms with E-state index in [-0.39, 0.29) is 11.5 Å². The summed E-state index contributed by atoms with van der Waals surface area (Å²) in [6.45, 7) is 1.64. The van der Waals surface area contributed by atoms with Crippen LogP contribution in [0.4, 0.5) is 10.1 Å². The Balaban J connectivity index is 2.16. The molecule has 1 N–H and O–H groups in total. The monoisotopic (exact) mass is 255 g/mol. The minimum Gasteiger partial charge on any atom is -0.321 e. The zero-order valence-corrected chi connectivity index (χ0v) is 10.1. The van der Waals surface area contributed by atoms with E-state index in [2.05, 4.69) is 10.3 Å². The van der Waals surface area contributed by atoms with Gasteiger partial charge in [-0.25, -0.2) is 9.37 Å². The number of amides is 1. The van der Waals surface area contributed by atoms with Crippen LogP contribution in [0.1, 0.15) is 21.6 Å². The van der Waals surface area contributed by atoms with Gasteiger partial charge in [0.2, 0.25) is 0 Å². The molecule has 0 fully saturated rings. The van der Waals surface area contributed by atoms with Crippen LogP contribution >= 0.6 is 0 Å². The number of hydrogen-bond acceptors (Lipinski definition) is 3. The van der Waals surface area contributed by atoms with Gasteiger partial charge in [0.1, 0.15) is 17.6 Å². The molecule has 1 amide bonds. The van der Waals surface area contributed by atoms with Gasteiger partial charge >= 0.3 is 0 Å². The van der Waals surface area contributed by atoms with Crippen LogP contribution in [0.5, 0.6) is 0 Å². The van der Waals surface area contributed by atoms with Crippen LogP contribution in [0, 0.1) is 24.1 Å². The molecule has 0 saturated carbocycles. The quantitative estimate of drug-likeness (QED) is 0.897. The van der Waals surface area contributed by atoms with Crippen molar-refractivity contribution < 1.29 is 9.18 Å². The first-order valence-corrected chi connectivity index (χ1v) is 5.54. The van der Waals surface area contributed by atoms with E-state index in [0.717, 1.165) is 0 Å². The van der Waals surface area contributed by atoms with Crippen LogP contribution in [0.25, 0.3) is 0 Å². The van der Waals surface area contributed by atoms with Crippen molar-refractivity contribution >= 4 is 11.6 Å². The van der Waals surface area contributed by atoms with E-state index in [9.17, 15) is 9.18 Å². The predicted molar refractivity (Wildman–Crippen MR) is 68.0 cm³/mol. The molecule has 0 spiro atoms. The molecule has 1 aromatic carbocycles. The maximum absolute atomic E-state index is 13.3. The summed E-state index contributed by atoms with van der Waals surface area (Å²) >= 11 is 0. The second-order valence-electron chi connectivity index (χ2n) is 3.96. The second-order valence-corrected chi connectivity index (χ2v) is 3.96. The number of nitriles is 1. The Morgan fingerprint density at radius 3 is 2.74 bits per heavy atom. The number of carbonyl (C=O) groups excluding carboxylic acids is 1. The first-order chi connectivity index (χ1) is 9.10. The molecule has 0 aliphatic carbocycles. The molecule has 0 radical (unpaired) electrons. The van der Waals surface area contributed by atoms with Gasteiger partial charge in [-0.3, -0.25) is 4.79 Å². The highest BCUT2D eigenvalue weighted by molar-refractivity contribution is 6.02. The third-order valence-corrected chi connectivity index (χ3v) is 2.55. The Morgan fingerprint density at radius 1 is 1.37 bits per heavy atom. The molecule has 1 aromatic heterocycles. The summed E-state index contributed by atoms with van der Waals surface area (Å²) in [4.78, 5) is 15.7. The lowest BCUT2D eigenvalue weighted by molar-refractivity contribution is 0.102. The van der Waals surface area contributed by atoms with Crippen LogP contribution in [-0.4, -0.2) is 10.9 Å². The van der Waals surface area contributed by atoms with E-state index >= 15 is 0 Å². The highest BCUT2D eigenvalue weighted by atomic mass is 19.1.